The Balaban J connectivity index is 2.91. The van der Waals surface area contributed by atoms with E-state index in [0.717, 1.165) is 18.7 Å². The quantitative estimate of drug-likeness (QED) is 0.753. The van der Waals surface area contributed by atoms with Crippen LogP contribution in [-0.2, 0) is 0 Å². The maximum atomic E-state index is 12.6. The maximum absolute atomic E-state index is 12.6. The van der Waals surface area contributed by atoms with E-state index in [-0.39, 0.29) is 5.91 Å². The largest absolute Gasteiger partial charge is 0.496 e. The molecule has 136 valence electrons. The number of hydrogen-bond acceptors (Lipinski definition) is 4. The third-order valence-electron chi connectivity index (χ3n) is 4.54. The second-order valence-electron chi connectivity index (χ2n) is 6.25. The van der Waals surface area contributed by atoms with Gasteiger partial charge in [-0.05, 0) is 38.1 Å². The Hall–Kier alpha value is -1.75. The van der Waals surface area contributed by atoms with Gasteiger partial charge in [-0.25, -0.2) is 0 Å². The van der Waals surface area contributed by atoms with Crippen molar-refractivity contribution in [1.29, 1.82) is 0 Å². The molecule has 24 heavy (non-hydrogen) atoms. The van der Waals surface area contributed by atoms with Crippen LogP contribution in [0, 0.1) is 12.8 Å². The first-order valence-corrected chi connectivity index (χ1v) is 8.64. The number of carbonyl (C=O) groups excluding carboxylic acids is 1. The zero-order valence-corrected chi connectivity index (χ0v) is 16.1. The molecule has 0 saturated heterocycles. The van der Waals surface area contributed by atoms with Gasteiger partial charge in [0.15, 0.2) is 0 Å². The molecular weight excluding hydrogens is 304 g/mol. The summed E-state index contributed by atoms with van der Waals surface area (Å²) in [5.41, 5.74) is 1.44. The van der Waals surface area contributed by atoms with Crippen molar-refractivity contribution in [3.05, 3.63) is 23.3 Å². The van der Waals surface area contributed by atoms with Gasteiger partial charge in [-0.3, -0.25) is 9.69 Å². The molecule has 0 aliphatic carbocycles. The van der Waals surface area contributed by atoms with E-state index >= 15 is 0 Å². The highest BCUT2D eigenvalue weighted by Gasteiger charge is 2.21. The molecule has 0 heterocycles. The minimum atomic E-state index is -0.107. The van der Waals surface area contributed by atoms with Crippen molar-refractivity contribution < 1.29 is 14.3 Å². The third kappa shape index (κ3) is 4.87. The topological polar surface area (TPSA) is 50.8 Å². The Labute approximate surface area is 146 Å². The molecule has 1 amide bonds. The number of nitrogens with one attached hydrogen (secondary N) is 1. The first-order valence-electron chi connectivity index (χ1n) is 8.64. The molecule has 5 nitrogen and oxygen atoms in total. The van der Waals surface area contributed by atoms with Gasteiger partial charge in [0, 0.05) is 23.7 Å². The van der Waals surface area contributed by atoms with E-state index in [1.165, 1.54) is 0 Å². The average Bonchev–Trinajstić information content (AvgIpc) is 2.58. The van der Waals surface area contributed by atoms with Crippen LogP contribution in [0.2, 0.25) is 0 Å². The summed E-state index contributed by atoms with van der Waals surface area (Å²) in [5.74, 6) is 1.67. The van der Waals surface area contributed by atoms with Gasteiger partial charge in [0.25, 0.3) is 5.91 Å². The lowest BCUT2D eigenvalue weighted by molar-refractivity contribution is 0.0920. The summed E-state index contributed by atoms with van der Waals surface area (Å²) < 4.78 is 10.7. The monoisotopic (exact) mass is 336 g/mol. The van der Waals surface area contributed by atoms with Crippen molar-refractivity contribution in [2.45, 2.75) is 40.7 Å². The summed E-state index contributed by atoms with van der Waals surface area (Å²) in [6, 6.07) is 3.84. The molecule has 1 atom stereocenters. The first kappa shape index (κ1) is 20.3. The average molecular weight is 336 g/mol. The highest BCUT2D eigenvalue weighted by atomic mass is 16.5. The Morgan fingerprint density at radius 3 is 2.00 bits per heavy atom. The van der Waals surface area contributed by atoms with Crippen molar-refractivity contribution in [2.75, 3.05) is 33.9 Å². The van der Waals surface area contributed by atoms with E-state index in [1.54, 1.807) is 26.4 Å². The zero-order valence-electron chi connectivity index (χ0n) is 16.1. The highest BCUT2D eigenvalue weighted by molar-refractivity contribution is 5.95. The standard InChI is InChI=1S/C19H32N2O3/c1-8-21(9-2)16(13(3)4)12-20-19(22)15-10-17(23-6)14(5)18(11-15)24-7/h10-11,13,16H,8-9,12H2,1-7H3,(H,20,22). The lowest BCUT2D eigenvalue weighted by Gasteiger charge is -2.32. The summed E-state index contributed by atoms with van der Waals surface area (Å²) in [6.45, 7) is 13.2. The lowest BCUT2D eigenvalue weighted by atomic mass is 10.0. The zero-order chi connectivity index (χ0) is 18.3. The molecule has 0 radical (unpaired) electrons. The second-order valence-corrected chi connectivity index (χ2v) is 6.25. The normalized spacial score (nSPS) is 12.4. The number of likely N-dealkylation sites (N-methyl/N-ethyl adjacent to an activating group) is 1. The fraction of sp³-hybridized carbons (Fsp3) is 0.632. The molecule has 1 rings (SSSR count). The van der Waals surface area contributed by atoms with Gasteiger partial charge >= 0.3 is 0 Å². The Morgan fingerprint density at radius 1 is 1.12 bits per heavy atom. The molecule has 0 fully saturated rings. The molecule has 1 aromatic rings. The van der Waals surface area contributed by atoms with Crippen LogP contribution in [0.5, 0.6) is 11.5 Å². The number of ether oxygens (including phenoxy) is 2. The SMILES string of the molecule is CCN(CC)C(CNC(=O)c1cc(OC)c(C)c(OC)c1)C(C)C. The molecule has 1 aromatic carbocycles. The first-order chi connectivity index (χ1) is 11.4. The minimum Gasteiger partial charge on any atom is -0.496 e. The molecule has 0 aliphatic rings. The van der Waals surface area contributed by atoms with Crippen LogP contribution in [0.3, 0.4) is 0 Å². The molecule has 0 spiro atoms. The van der Waals surface area contributed by atoms with Crippen LogP contribution >= 0.6 is 0 Å². The summed E-state index contributed by atoms with van der Waals surface area (Å²) in [4.78, 5) is 15.0. The minimum absolute atomic E-state index is 0.107. The number of nitrogens with zero attached hydrogens (tertiary/aromatic N) is 1. The van der Waals surface area contributed by atoms with Crippen LogP contribution in [0.15, 0.2) is 12.1 Å². The van der Waals surface area contributed by atoms with E-state index in [9.17, 15) is 4.79 Å². The summed E-state index contributed by atoms with van der Waals surface area (Å²) in [7, 11) is 3.19. The molecule has 0 aromatic heterocycles. The van der Waals surface area contributed by atoms with Crippen molar-refractivity contribution in [1.82, 2.24) is 10.2 Å². The van der Waals surface area contributed by atoms with Gasteiger partial charge in [-0.15, -0.1) is 0 Å². The van der Waals surface area contributed by atoms with Crippen LogP contribution in [-0.4, -0.2) is 50.7 Å². The molecule has 1 unspecified atom stereocenters. The van der Waals surface area contributed by atoms with Crippen LogP contribution < -0.4 is 14.8 Å². The number of amides is 1. The summed E-state index contributed by atoms with van der Waals surface area (Å²) >= 11 is 0. The molecule has 1 N–H and O–H groups in total. The Bertz CT molecular complexity index is 514. The maximum Gasteiger partial charge on any atom is 0.251 e. The number of carbonyl (C=O) groups is 1. The Kier molecular flexibility index (Phi) is 8.05. The van der Waals surface area contributed by atoms with Crippen molar-refractivity contribution in [3.8, 4) is 11.5 Å². The Morgan fingerprint density at radius 2 is 1.62 bits per heavy atom. The lowest BCUT2D eigenvalue weighted by Crippen LogP contribution is -2.46. The van der Waals surface area contributed by atoms with Gasteiger partial charge in [-0.1, -0.05) is 27.7 Å². The summed E-state index contributed by atoms with van der Waals surface area (Å²) in [5, 5.41) is 3.06. The molecule has 0 saturated carbocycles. The third-order valence-corrected chi connectivity index (χ3v) is 4.54. The number of methoxy groups -OCH3 is 2. The van der Waals surface area contributed by atoms with Crippen LogP contribution in [0.25, 0.3) is 0 Å². The van der Waals surface area contributed by atoms with Gasteiger partial charge in [0.2, 0.25) is 0 Å². The van der Waals surface area contributed by atoms with Crippen LogP contribution in [0.4, 0.5) is 0 Å². The van der Waals surface area contributed by atoms with Gasteiger partial charge in [0.1, 0.15) is 11.5 Å². The van der Waals surface area contributed by atoms with Crippen molar-refractivity contribution in [2.24, 2.45) is 5.92 Å². The predicted molar refractivity (Wildman–Crippen MR) is 98.2 cm³/mol. The van der Waals surface area contributed by atoms with E-state index in [1.807, 2.05) is 6.92 Å². The smallest absolute Gasteiger partial charge is 0.251 e. The second kappa shape index (κ2) is 9.52. The van der Waals surface area contributed by atoms with E-state index in [2.05, 4.69) is 37.9 Å². The van der Waals surface area contributed by atoms with E-state index in [4.69, 9.17) is 9.47 Å². The predicted octanol–water partition coefficient (Wildman–Crippen LogP) is 3.11. The van der Waals surface area contributed by atoms with Crippen molar-refractivity contribution >= 4 is 5.91 Å². The number of rotatable bonds is 9. The van der Waals surface area contributed by atoms with Crippen molar-refractivity contribution in [3.63, 3.8) is 0 Å². The molecule has 0 bridgehead atoms. The van der Waals surface area contributed by atoms with E-state index < -0.39 is 0 Å². The number of hydrogen-bond donors (Lipinski definition) is 1. The highest BCUT2D eigenvalue weighted by Crippen LogP contribution is 2.29. The fourth-order valence-electron chi connectivity index (χ4n) is 3.00. The molecule has 5 heteroatoms. The number of benzene rings is 1. The fourth-order valence-corrected chi connectivity index (χ4v) is 3.00. The van der Waals surface area contributed by atoms with E-state index in [0.29, 0.717) is 35.6 Å². The van der Waals surface area contributed by atoms with Gasteiger partial charge < -0.3 is 14.8 Å². The van der Waals surface area contributed by atoms with Gasteiger partial charge in [0.05, 0.1) is 14.2 Å². The summed E-state index contributed by atoms with van der Waals surface area (Å²) in [6.07, 6.45) is 0. The molecular formula is C19H32N2O3. The molecule has 0 aliphatic heterocycles. The van der Waals surface area contributed by atoms with Crippen LogP contribution in [0.1, 0.15) is 43.6 Å². The van der Waals surface area contributed by atoms with Gasteiger partial charge in [-0.2, -0.15) is 0 Å².